The third kappa shape index (κ3) is 0.565. The Labute approximate surface area is 49.2 Å². The maximum absolute atomic E-state index is 5.37. The minimum atomic E-state index is 0.426. The van der Waals surface area contributed by atoms with Gasteiger partial charge in [-0.15, -0.1) is 0 Å². The minimum absolute atomic E-state index is 0.426. The average Bonchev–Trinajstić information content (AvgIpc) is 2.15. The Hall–Kier alpha value is -0.0800. The van der Waals surface area contributed by atoms with E-state index in [1.165, 1.54) is 12.8 Å². The minimum Gasteiger partial charge on any atom is -0.363 e. The lowest BCUT2D eigenvalue weighted by Gasteiger charge is -2.05. The van der Waals surface area contributed by atoms with Crippen LogP contribution in [0.2, 0.25) is 0 Å². The number of rotatable bonds is 0. The molecule has 0 aromatic carbocycles. The highest BCUT2D eigenvalue weighted by Gasteiger charge is 2.31. The Balaban J connectivity index is 2.04. The van der Waals surface area contributed by atoms with Gasteiger partial charge in [-0.25, -0.2) is 0 Å². The molecular formula is C6H11NO. The summed E-state index contributed by atoms with van der Waals surface area (Å²) < 4.78 is 5.37. The second-order valence-electron chi connectivity index (χ2n) is 2.58. The van der Waals surface area contributed by atoms with E-state index in [0.29, 0.717) is 6.23 Å². The molecule has 2 fully saturated rings. The van der Waals surface area contributed by atoms with Crippen molar-refractivity contribution in [3.8, 4) is 0 Å². The molecule has 0 bridgehead atoms. The summed E-state index contributed by atoms with van der Waals surface area (Å²) in [6, 6.07) is 0. The van der Waals surface area contributed by atoms with Gasteiger partial charge in [0.15, 0.2) is 0 Å². The summed E-state index contributed by atoms with van der Waals surface area (Å²) in [6.07, 6.45) is 3.03. The fourth-order valence-electron chi connectivity index (χ4n) is 1.57. The molecule has 2 nitrogen and oxygen atoms in total. The van der Waals surface area contributed by atoms with E-state index in [-0.39, 0.29) is 0 Å². The number of hydrogen-bond acceptors (Lipinski definition) is 2. The van der Waals surface area contributed by atoms with Gasteiger partial charge < -0.3 is 4.74 Å². The molecule has 0 saturated carbocycles. The van der Waals surface area contributed by atoms with Crippen molar-refractivity contribution in [1.29, 1.82) is 0 Å². The van der Waals surface area contributed by atoms with Crippen LogP contribution in [0.15, 0.2) is 0 Å². The lowest BCUT2D eigenvalue weighted by Crippen LogP contribution is -2.23. The van der Waals surface area contributed by atoms with Crippen molar-refractivity contribution in [3.63, 3.8) is 0 Å². The van der Waals surface area contributed by atoms with E-state index in [1.54, 1.807) is 0 Å². The molecule has 2 unspecified atom stereocenters. The van der Waals surface area contributed by atoms with Gasteiger partial charge in [0.25, 0.3) is 0 Å². The van der Waals surface area contributed by atoms with Gasteiger partial charge >= 0.3 is 0 Å². The molecule has 0 aliphatic carbocycles. The summed E-state index contributed by atoms with van der Waals surface area (Å²) in [5.41, 5.74) is 0. The van der Waals surface area contributed by atoms with Crippen molar-refractivity contribution >= 4 is 0 Å². The normalized spacial score (nSPS) is 45.0. The van der Waals surface area contributed by atoms with E-state index in [4.69, 9.17) is 4.74 Å². The summed E-state index contributed by atoms with van der Waals surface area (Å²) in [4.78, 5) is 0. The molecule has 2 aliphatic heterocycles. The van der Waals surface area contributed by atoms with Crippen LogP contribution >= 0.6 is 0 Å². The SMILES string of the molecule is C1CC2CCOC2N1. The van der Waals surface area contributed by atoms with Crippen LogP contribution in [0.25, 0.3) is 0 Å². The first kappa shape index (κ1) is 4.77. The van der Waals surface area contributed by atoms with Crippen LogP contribution in [0.3, 0.4) is 0 Å². The maximum Gasteiger partial charge on any atom is 0.111 e. The van der Waals surface area contributed by atoms with Crippen molar-refractivity contribution in [3.05, 3.63) is 0 Å². The van der Waals surface area contributed by atoms with Gasteiger partial charge in [-0.05, 0) is 19.4 Å². The second kappa shape index (κ2) is 1.71. The summed E-state index contributed by atoms with van der Waals surface area (Å²) >= 11 is 0. The highest BCUT2D eigenvalue weighted by atomic mass is 16.5. The summed E-state index contributed by atoms with van der Waals surface area (Å²) in [5, 5.41) is 3.30. The van der Waals surface area contributed by atoms with E-state index in [1.807, 2.05) is 0 Å². The van der Waals surface area contributed by atoms with Gasteiger partial charge in [0.2, 0.25) is 0 Å². The molecule has 1 N–H and O–H groups in total. The first-order valence-electron chi connectivity index (χ1n) is 3.32. The number of fused-ring (bicyclic) bond motifs is 1. The van der Waals surface area contributed by atoms with Crippen LogP contribution in [0.5, 0.6) is 0 Å². The molecule has 2 heterocycles. The van der Waals surface area contributed by atoms with Crippen LogP contribution in [0.1, 0.15) is 12.8 Å². The zero-order valence-corrected chi connectivity index (χ0v) is 4.89. The maximum atomic E-state index is 5.37. The molecule has 0 spiro atoms. The van der Waals surface area contributed by atoms with Crippen LogP contribution in [-0.4, -0.2) is 19.4 Å². The zero-order chi connectivity index (χ0) is 5.40. The monoisotopic (exact) mass is 113 g/mol. The Morgan fingerprint density at radius 3 is 3.25 bits per heavy atom. The molecule has 0 radical (unpaired) electrons. The molecule has 2 heteroatoms. The van der Waals surface area contributed by atoms with Crippen LogP contribution in [0.4, 0.5) is 0 Å². The van der Waals surface area contributed by atoms with Gasteiger partial charge in [-0.3, -0.25) is 5.32 Å². The van der Waals surface area contributed by atoms with Crippen molar-refractivity contribution in [2.75, 3.05) is 13.2 Å². The molecule has 2 aliphatic rings. The molecule has 2 atom stereocenters. The van der Waals surface area contributed by atoms with Gasteiger partial charge in [-0.2, -0.15) is 0 Å². The standard InChI is InChI=1S/C6H11NO/c1-3-7-6-5(1)2-4-8-6/h5-7H,1-4H2. The fraction of sp³-hybridized carbons (Fsp3) is 1.00. The lowest BCUT2D eigenvalue weighted by molar-refractivity contribution is 0.0854. The van der Waals surface area contributed by atoms with Gasteiger partial charge in [0.1, 0.15) is 6.23 Å². The van der Waals surface area contributed by atoms with E-state index < -0.39 is 0 Å². The fourth-order valence-corrected chi connectivity index (χ4v) is 1.57. The molecule has 0 aromatic heterocycles. The van der Waals surface area contributed by atoms with E-state index in [9.17, 15) is 0 Å². The largest absolute Gasteiger partial charge is 0.363 e. The van der Waals surface area contributed by atoms with Crippen LogP contribution in [0, 0.1) is 5.92 Å². The second-order valence-corrected chi connectivity index (χ2v) is 2.58. The first-order chi connectivity index (χ1) is 3.97. The number of ether oxygens (including phenoxy) is 1. The predicted molar refractivity (Wildman–Crippen MR) is 30.5 cm³/mol. The molecule has 46 valence electrons. The number of hydrogen-bond donors (Lipinski definition) is 1. The summed E-state index contributed by atoms with van der Waals surface area (Å²) in [5.74, 6) is 0.843. The summed E-state index contributed by atoms with van der Waals surface area (Å²) in [6.45, 7) is 2.14. The van der Waals surface area contributed by atoms with Crippen LogP contribution < -0.4 is 5.32 Å². The van der Waals surface area contributed by atoms with Crippen molar-refractivity contribution in [1.82, 2.24) is 5.32 Å². The summed E-state index contributed by atoms with van der Waals surface area (Å²) in [7, 11) is 0. The quantitative estimate of drug-likeness (QED) is 0.489. The van der Waals surface area contributed by atoms with Gasteiger partial charge in [0, 0.05) is 12.5 Å². The third-order valence-electron chi connectivity index (χ3n) is 2.07. The Kier molecular flexibility index (Phi) is 1.02. The molecule has 2 saturated heterocycles. The van der Waals surface area contributed by atoms with Crippen molar-refractivity contribution < 1.29 is 4.74 Å². The highest BCUT2D eigenvalue weighted by molar-refractivity contribution is 4.80. The van der Waals surface area contributed by atoms with E-state index in [2.05, 4.69) is 5.32 Å². The molecule has 0 amide bonds. The Morgan fingerprint density at radius 2 is 2.38 bits per heavy atom. The lowest BCUT2D eigenvalue weighted by atomic mass is 10.1. The smallest absolute Gasteiger partial charge is 0.111 e. The highest BCUT2D eigenvalue weighted by Crippen LogP contribution is 2.25. The predicted octanol–water partition coefficient (Wildman–Crippen LogP) is 0.342. The van der Waals surface area contributed by atoms with E-state index >= 15 is 0 Å². The molecule has 2 rings (SSSR count). The Morgan fingerprint density at radius 1 is 1.38 bits per heavy atom. The molecular weight excluding hydrogens is 102 g/mol. The van der Waals surface area contributed by atoms with E-state index in [0.717, 1.165) is 19.1 Å². The average molecular weight is 113 g/mol. The van der Waals surface area contributed by atoms with Crippen molar-refractivity contribution in [2.45, 2.75) is 19.1 Å². The topological polar surface area (TPSA) is 21.3 Å². The molecule has 0 aromatic rings. The van der Waals surface area contributed by atoms with Gasteiger partial charge in [0.05, 0.1) is 0 Å². The third-order valence-corrected chi connectivity index (χ3v) is 2.07. The van der Waals surface area contributed by atoms with Crippen molar-refractivity contribution in [2.24, 2.45) is 5.92 Å². The Bertz CT molecular complexity index is 74.5. The molecule has 8 heavy (non-hydrogen) atoms. The number of nitrogens with one attached hydrogen (secondary N) is 1. The van der Waals surface area contributed by atoms with Gasteiger partial charge in [-0.1, -0.05) is 0 Å². The van der Waals surface area contributed by atoms with Crippen LogP contribution in [-0.2, 0) is 4.74 Å². The zero-order valence-electron chi connectivity index (χ0n) is 4.89. The first-order valence-corrected chi connectivity index (χ1v) is 3.32.